The summed E-state index contributed by atoms with van der Waals surface area (Å²) in [5, 5.41) is 2.98. The van der Waals surface area contributed by atoms with Crippen molar-refractivity contribution in [3.8, 4) is 0 Å². The summed E-state index contributed by atoms with van der Waals surface area (Å²) in [6.45, 7) is 0.358. The summed E-state index contributed by atoms with van der Waals surface area (Å²) in [5.41, 5.74) is 1.93. The molecule has 0 heterocycles. The minimum absolute atomic E-state index is 0.0105. The van der Waals surface area contributed by atoms with Crippen LogP contribution in [0.3, 0.4) is 0 Å². The van der Waals surface area contributed by atoms with Gasteiger partial charge in [-0.15, -0.1) is 0 Å². The second-order valence-electron chi connectivity index (χ2n) is 6.35. The van der Waals surface area contributed by atoms with E-state index in [9.17, 15) is 13.2 Å². The molecule has 2 aromatic carbocycles. The van der Waals surface area contributed by atoms with Gasteiger partial charge in [-0.3, -0.25) is 9.52 Å². The van der Waals surface area contributed by atoms with E-state index in [-0.39, 0.29) is 5.91 Å². The van der Waals surface area contributed by atoms with Crippen LogP contribution in [-0.4, -0.2) is 20.6 Å². The lowest BCUT2D eigenvalue weighted by atomic mass is 9.95. The third-order valence-electron chi connectivity index (χ3n) is 4.26. The van der Waals surface area contributed by atoms with E-state index in [0.717, 1.165) is 34.7 Å². The quantitative estimate of drug-likeness (QED) is 0.750. The first kappa shape index (κ1) is 17.9. The Morgan fingerprint density at radius 2 is 1.84 bits per heavy atom. The Morgan fingerprint density at radius 3 is 2.44 bits per heavy atom. The average Bonchev–Trinajstić information content (AvgIpc) is 3.34. The molecule has 0 atom stereocenters. The lowest BCUT2D eigenvalue weighted by Crippen LogP contribution is -2.34. The van der Waals surface area contributed by atoms with Crippen LogP contribution in [0.25, 0.3) is 0 Å². The van der Waals surface area contributed by atoms with E-state index in [0.29, 0.717) is 12.2 Å². The predicted octanol–water partition coefficient (Wildman–Crippen LogP) is 3.17. The molecule has 1 aliphatic rings. The van der Waals surface area contributed by atoms with E-state index in [1.165, 1.54) is 0 Å². The van der Waals surface area contributed by atoms with Gasteiger partial charge < -0.3 is 5.32 Å². The van der Waals surface area contributed by atoms with Crippen molar-refractivity contribution >= 4 is 37.5 Å². The summed E-state index contributed by atoms with van der Waals surface area (Å²) in [6.07, 6.45) is 2.79. The van der Waals surface area contributed by atoms with Crippen LogP contribution >= 0.6 is 15.9 Å². The average molecular weight is 423 g/mol. The van der Waals surface area contributed by atoms with Crippen molar-refractivity contribution in [3.63, 3.8) is 0 Å². The van der Waals surface area contributed by atoms with Crippen LogP contribution < -0.4 is 10.0 Å². The molecule has 0 saturated heterocycles. The molecule has 0 spiro atoms. The molecule has 1 amide bonds. The van der Waals surface area contributed by atoms with Crippen molar-refractivity contribution in [2.24, 2.45) is 0 Å². The van der Waals surface area contributed by atoms with Crippen LogP contribution in [0.5, 0.6) is 0 Å². The molecule has 7 heteroatoms. The molecule has 1 saturated carbocycles. The standard InChI is InChI=1S/C18H19BrN2O3S/c1-25(23,24)21-16-4-2-3-13(11-16)12-20-17(22)18(9-10-18)14-5-7-15(19)8-6-14/h2-8,11,21H,9-10,12H2,1H3,(H,20,22). The van der Waals surface area contributed by atoms with Crippen LogP contribution in [0.1, 0.15) is 24.0 Å². The smallest absolute Gasteiger partial charge is 0.230 e. The summed E-state index contributed by atoms with van der Waals surface area (Å²) < 4.78 is 26.1. The van der Waals surface area contributed by atoms with Gasteiger partial charge in [-0.1, -0.05) is 40.2 Å². The maximum Gasteiger partial charge on any atom is 0.230 e. The molecule has 5 nitrogen and oxygen atoms in total. The largest absolute Gasteiger partial charge is 0.351 e. The number of amides is 1. The Hall–Kier alpha value is -1.86. The normalized spacial score (nSPS) is 15.4. The molecule has 25 heavy (non-hydrogen) atoms. The van der Waals surface area contributed by atoms with Gasteiger partial charge in [0.2, 0.25) is 15.9 Å². The van der Waals surface area contributed by atoms with Crippen molar-refractivity contribution < 1.29 is 13.2 Å². The Balaban J connectivity index is 1.66. The first-order chi connectivity index (χ1) is 11.8. The fraction of sp³-hybridized carbons (Fsp3) is 0.278. The van der Waals surface area contributed by atoms with E-state index in [4.69, 9.17) is 0 Å². The maximum atomic E-state index is 12.7. The Labute approximate surface area is 156 Å². The molecule has 3 rings (SSSR count). The van der Waals surface area contributed by atoms with E-state index in [1.54, 1.807) is 18.2 Å². The number of hydrogen-bond donors (Lipinski definition) is 2. The molecule has 0 aromatic heterocycles. The second kappa shape index (κ2) is 6.80. The van der Waals surface area contributed by atoms with Gasteiger partial charge in [0.05, 0.1) is 11.7 Å². The molecular formula is C18H19BrN2O3S. The molecule has 2 N–H and O–H groups in total. The molecule has 1 fully saturated rings. The number of carbonyl (C=O) groups is 1. The van der Waals surface area contributed by atoms with Crippen LogP contribution in [0.4, 0.5) is 5.69 Å². The topological polar surface area (TPSA) is 75.3 Å². The van der Waals surface area contributed by atoms with Crippen LogP contribution in [0, 0.1) is 0 Å². The molecular weight excluding hydrogens is 404 g/mol. The number of nitrogens with one attached hydrogen (secondary N) is 2. The number of anilines is 1. The van der Waals surface area contributed by atoms with E-state index >= 15 is 0 Å². The van der Waals surface area contributed by atoms with Crippen LogP contribution in [-0.2, 0) is 26.8 Å². The van der Waals surface area contributed by atoms with E-state index in [1.807, 2.05) is 30.3 Å². The van der Waals surface area contributed by atoms with Gasteiger partial charge in [0, 0.05) is 16.7 Å². The monoisotopic (exact) mass is 422 g/mol. The number of carbonyl (C=O) groups excluding carboxylic acids is 1. The minimum atomic E-state index is -3.32. The lowest BCUT2D eigenvalue weighted by molar-refractivity contribution is -0.123. The Kier molecular flexibility index (Phi) is 4.88. The van der Waals surface area contributed by atoms with Crippen molar-refractivity contribution in [1.29, 1.82) is 0 Å². The first-order valence-electron chi connectivity index (χ1n) is 7.90. The van der Waals surface area contributed by atoms with Gasteiger partial charge in [-0.25, -0.2) is 8.42 Å². The molecule has 2 aromatic rings. The van der Waals surface area contributed by atoms with Crippen molar-refractivity contribution in [2.45, 2.75) is 24.8 Å². The number of sulfonamides is 1. The molecule has 0 bridgehead atoms. The van der Waals surface area contributed by atoms with Crippen LogP contribution in [0.15, 0.2) is 53.0 Å². The zero-order valence-electron chi connectivity index (χ0n) is 13.8. The van der Waals surface area contributed by atoms with Gasteiger partial charge >= 0.3 is 0 Å². The highest BCUT2D eigenvalue weighted by molar-refractivity contribution is 9.10. The fourth-order valence-electron chi connectivity index (χ4n) is 2.85. The molecule has 0 unspecified atom stereocenters. The van der Waals surface area contributed by atoms with Gasteiger partial charge in [0.1, 0.15) is 0 Å². The summed E-state index contributed by atoms with van der Waals surface area (Å²) in [4.78, 5) is 12.7. The molecule has 132 valence electrons. The lowest BCUT2D eigenvalue weighted by Gasteiger charge is -2.16. The zero-order chi connectivity index (χ0) is 18.1. The van der Waals surface area contributed by atoms with Gasteiger partial charge in [-0.2, -0.15) is 0 Å². The Morgan fingerprint density at radius 1 is 1.16 bits per heavy atom. The zero-order valence-corrected chi connectivity index (χ0v) is 16.2. The molecule has 1 aliphatic carbocycles. The van der Waals surface area contributed by atoms with Gasteiger partial charge in [-0.05, 0) is 48.2 Å². The van der Waals surface area contributed by atoms with Gasteiger partial charge in [0.25, 0.3) is 0 Å². The number of benzene rings is 2. The van der Waals surface area contributed by atoms with Gasteiger partial charge in [0.15, 0.2) is 0 Å². The SMILES string of the molecule is CS(=O)(=O)Nc1cccc(CNC(=O)C2(c3ccc(Br)cc3)CC2)c1. The maximum absolute atomic E-state index is 12.7. The number of hydrogen-bond acceptors (Lipinski definition) is 3. The second-order valence-corrected chi connectivity index (χ2v) is 9.01. The number of rotatable bonds is 6. The highest BCUT2D eigenvalue weighted by atomic mass is 79.9. The summed E-state index contributed by atoms with van der Waals surface area (Å²) in [6, 6.07) is 14.9. The van der Waals surface area contributed by atoms with Crippen molar-refractivity contribution in [3.05, 3.63) is 64.1 Å². The molecule has 0 radical (unpaired) electrons. The van der Waals surface area contributed by atoms with Crippen LogP contribution in [0.2, 0.25) is 0 Å². The Bertz CT molecular complexity index is 891. The molecule has 0 aliphatic heterocycles. The minimum Gasteiger partial charge on any atom is -0.351 e. The third-order valence-corrected chi connectivity index (χ3v) is 5.40. The summed E-state index contributed by atoms with van der Waals surface area (Å²) in [7, 11) is -3.32. The summed E-state index contributed by atoms with van der Waals surface area (Å²) >= 11 is 3.41. The van der Waals surface area contributed by atoms with E-state index in [2.05, 4.69) is 26.0 Å². The highest BCUT2D eigenvalue weighted by Gasteiger charge is 2.50. The van der Waals surface area contributed by atoms with Crippen molar-refractivity contribution in [2.75, 3.05) is 11.0 Å². The third kappa shape index (κ3) is 4.41. The first-order valence-corrected chi connectivity index (χ1v) is 10.6. The van der Waals surface area contributed by atoms with E-state index < -0.39 is 15.4 Å². The number of halogens is 1. The summed E-state index contributed by atoms with van der Waals surface area (Å²) in [5.74, 6) is 0.0105. The van der Waals surface area contributed by atoms with Crippen molar-refractivity contribution in [1.82, 2.24) is 5.32 Å². The fourth-order valence-corrected chi connectivity index (χ4v) is 3.67. The highest BCUT2D eigenvalue weighted by Crippen LogP contribution is 2.48. The predicted molar refractivity (Wildman–Crippen MR) is 102 cm³/mol.